The fourth-order valence-electron chi connectivity index (χ4n) is 2.40. The van der Waals surface area contributed by atoms with Gasteiger partial charge in [0.05, 0.1) is 31.3 Å². The minimum atomic E-state index is -0.292. The van der Waals surface area contributed by atoms with Gasteiger partial charge in [-0.3, -0.25) is 0 Å². The van der Waals surface area contributed by atoms with Crippen molar-refractivity contribution in [1.29, 1.82) is 0 Å². The van der Waals surface area contributed by atoms with Gasteiger partial charge in [-0.2, -0.15) is 5.10 Å². The Morgan fingerprint density at radius 1 is 1.33 bits per heavy atom. The van der Waals surface area contributed by atoms with Gasteiger partial charge >= 0.3 is 5.97 Å². The molecule has 0 amide bonds. The molecule has 0 N–H and O–H groups in total. The molecule has 0 spiro atoms. The molecule has 1 aromatic carbocycles. The number of ether oxygens (including phenoxy) is 2. The second-order valence-corrected chi connectivity index (χ2v) is 5.05. The van der Waals surface area contributed by atoms with Crippen LogP contribution in [-0.2, 0) is 4.74 Å². The summed E-state index contributed by atoms with van der Waals surface area (Å²) in [6, 6.07) is 7.65. The maximum atomic E-state index is 12.0. The molecular weight excluding hydrogens is 268 g/mol. The smallest absolute Gasteiger partial charge is 0.341 e. The minimum Gasteiger partial charge on any atom is -0.497 e. The Labute approximate surface area is 123 Å². The predicted octanol–water partition coefficient (Wildman–Crippen LogP) is 2.94. The Morgan fingerprint density at radius 2 is 2.05 bits per heavy atom. The van der Waals surface area contributed by atoms with Crippen LogP contribution in [0.1, 0.15) is 41.7 Å². The molecule has 1 aromatic heterocycles. The topological polar surface area (TPSA) is 53.3 Å². The van der Waals surface area contributed by atoms with Crippen LogP contribution in [0.5, 0.6) is 5.75 Å². The van der Waals surface area contributed by atoms with Gasteiger partial charge in [-0.15, -0.1) is 0 Å². The first-order valence-corrected chi connectivity index (χ1v) is 7.14. The van der Waals surface area contributed by atoms with Crippen molar-refractivity contribution in [3.05, 3.63) is 41.7 Å². The SMILES string of the molecule is CCOC(=O)c1cnn(-c2ccc(OC)cc2)c1C1CC1. The molecule has 0 unspecified atom stereocenters. The number of carbonyl (C=O) groups excluding carboxylic acids is 1. The number of hydrogen-bond acceptors (Lipinski definition) is 4. The van der Waals surface area contributed by atoms with Crippen LogP contribution in [0.25, 0.3) is 5.69 Å². The Morgan fingerprint density at radius 3 is 2.62 bits per heavy atom. The van der Waals surface area contributed by atoms with E-state index in [-0.39, 0.29) is 5.97 Å². The molecule has 0 atom stereocenters. The first kappa shape index (κ1) is 13.7. The molecule has 5 nitrogen and oxygen atoms in total. The average Bonchev–Trinajstić information content (AvgIpc) is 3.26. The number of rotatable bonds is 5. The molecule has 21 heavy (non-hydrogen) atoms. The lowest BCUT2D eigenvalue weighted by molar-refractivity contribution is 0.0525. The molecule has 1 aliphatic rings. The summed E-state index contributed by atoms with van der Waals surface area (Å²) in [7, 11) is 1.64. The van der Waals surface area contributed by atoms with Gasteiger partial charge in [-0.25, -0.2) is 9.48 Å². The van der Waals surface area contributed by atoms with Gasteiger partial charge in [0.25, 0.3) is 0 Å². The highest BCUT2D eigenvalue weighted by molar-refractivity contribution is 5.91. The maximum Gasteiger partial charge on any atom is 0.341 e. The fraction of sp³-hybridized carbons (Fsp3) is 0.375. The largest absolute Gasteiger partial charge is 0.497 e. The zero-order valence-electron chi connectivity index (χ0n) is 12.2. The summed E-state index contributed by atoms with van der Waals surface area (Å²) < 4.78 is 12.1. The molecule has 1 saturated carbocycles. The lowest BCUT2D eigenvalue weighted by atomic mass is 10.1. The quantitative estimate of drug-likeness (QED) is 0.793. The Hall–Kier alpha value is -2.30. The van der Waals surface area contributed by atoms with Crippen LogP contribution >= 0.6 is 0 Å². The molecule has 1 heterocycles. The van der Waals surface area contributed by atoms with Crippen molar-refractivity contribution >= 4 is 5.97 Å². The number of esters is 1. The van der Waals surface area contributed by atoms with Gasteiger partial charge in [0.2, 0.25) is 0 Å². The van der Waals surface area contributed by atoms with Gasteiger partial charge in [-0.05, 0) is 44.0 Å². The molecule has 110 valence electrons. The van der Waals surface area contributed by atoms with Crippen LogP contribution < -0.4 is 4.74 Å². The van der Waals surface area contributed by atoms with E-state index in [9.17, 15) is 4.79 Å². The molecule has 5 heteroatoms. The lowest BCUT2D eigenvalue weighted by Gasteiger charge is -2.09. The summed E-state index contributed by atoms with van der Waals surface area (Å²) in [5.41, 5.74) is 2.46. The number of nitrogens with zero attached hydrogens (tertiary/aromatic N) is 2. The van der Waals surface area contributed by atoms with E-state index < -0.39 is 0 Å². The summed E-state index contributed by atoms with van der Waals surface area (Å²) in [5.74, 6) is 0.901. The van der Waals surface area contributed by atoms with E-state index in [1.54, 1.807) is 13.3 Å². The average molecular weight is 286 g/mol. The van der Waals surface area contributed by atoms with Crippen molar-refractivity contribution < 1.29 is 14.3 Å². The monoisotopic (exact) mass is 286 g/mol. The molecule has 0 saturated heterocycles. The second-order valence-electron chi connectivity index (χ2n) is 5.05. The number of carbonyl (C=O) groups is 1. The highest BCUT2D eigenvalue weighted by Crippen LogP contribution is 2.42. The first-order chi connectivity index (χ1) is 10.2. The van der Waals surface area contributed by atoms with Gasteiger partial charge in [0.15, 0.2) is 0 Å². The molecular formula is C16H18N2O3. The Bertz CT molecular complexity index is 642. The van der Waals surface area contributed by atoms with Gasteiger partial charge in [0, 0.05) is 5.92 Å². The van der Waals surface area contributed by atoms with E-state index in [1.807, 2.05) is 35.9 Å². The number of aromatic nitrogens is 2. The molecule has 0 bridgehead atoms. The molecule has 1 fully saturated rings. The van der Waals surface area contributed by atoms with Crippen molar-refractivity contribution in [3.63, 3.8) is 0 Å². The molecule has 2 aromatic rings. The minimum absolute atomic E-state index is 0.292. The lowest BCUT2D eigenvalue weighted by Crippen LogP contribution is -2.09. The first-order valence-electron chi connectivity index (χ1n) is 7.14. The van der Waals surface area contributed by atoms with Crippen LogP contribution in [-0.4, -0.2) is 29.5 Å². The maximum absolute atomic E-state index is 12.0. The third kappa shape index (κ3) is 2.63. The predicted molar refractivity (Wildman–Crippen MR) is 78.0 cm³/mol. The molecule has 3 rings (SSSR count). The van der Waals surface area contributed by atoms with E-state index in [4.69, 9.17) is 9.47 Å². The number of benzene rings is 1. The third-order valence-corrected chi connectivity index (χ3v) is 3.58. The van der Waals surface area contributed by atoms with E-state index in [2.05, 4.69) is 5.10 Å². The zero-order chi connectivity index (χ0) is 14.8. The van der Waals surface area contributed by atoms with Crippen LogP contribution in [0.4, 0.5) is 0 Å². The highest BCUT2D eigenvalue weighted by Gasteiger charge is 2.33. The van der Waals surface area contributed by atoms with Crippen molar-refractivity contribution in [2.45, 2.75) is 25.7 Å². The summed E-state index contributed by atoms with van der Waals surface area (Å²) in [4.78, 5) is 12.0. The Kier molecular flexibility index (Phi) is 3.64. The van der Waals surface area contributed by atoms with Crippen molar-refractivity contribution in [1.82, 2.24) is 9.78 Å². The molecule has 0 aliphatic heterocycles. The zero-order valence-corrected chi connectivity index (χ0v) is 12.2. The normalized spacial score (nSPS) is 14.0. The van der Waals surface area contributed by atoms with Crippen LogP contribution in [0.2, 0.25) is 0 Å². The van der Waals surface area contributed by atoms with Crippen LogP contribution in [0.3, 0.4) is 0 Å². The van der Waals surface area contributed by atoms with E-state index in [0.717, 1.165) is 30.0 Å². The van der Waals surface area contributed by atoms with Gasteiger partial charge in [-0.1, -0.05) is 0 Å². The van der Waals surface area contributed by atoms with Crippen molar-refractivity contribution in [3.8, 4) is 11.4 Å². The van der Waals surface area contributed by atoms with E-state index in [1.165, 1.54) is 0 Å². The standard InChI is InChI=1S/C16H18N2O3/c1-3-21-16(19)14-10-17-18(15(14)11-4-5-11)12-6-8-13(20-2)9-7-12/h6-11H,3-5H2,1-2H3. The fourth-order valence-corrected chi connectivity index (χ4v) is 2.40. The molecule has 0 radical (unpaired) electrons. The van der Waals surface area contributed by atoms with Crippen LogP contribution in [0, 0.1) is 0 Å². The van der Waals surface area contributed by atoms with Crippen molar-refractivity contribution in [2.24, 2.45) is 0 Å². The highest BCUT2D eigenvalue weighted by atomic mass is 16.5. The summed E-state index contributed by atoms with van der Waals surface area (Å²) in [6.07, 6.45) is 3.79. The van der Waals surface area contributed by atoms with E-state index in [0.29, 0.717) is 18.1 Å². The van der Waals surface area contributed by atoms with E-state index >= 15 is 0 Å². The van der Waals surface area contributed by atoms with Crippen LogP contribution in [0.15, 0.2) is 30.5 Å². The summed E-state index contributed by atoms with van der Waals surface area (Å²) in [5, 5.41) is 4.38. The number of hydrogen-bond donors (Lipinski definition) is 0. The number of methoxy groups -OCH3 is 1. The van der Waals surface area contributed by atoms with Crippen molar-refractivity contribution in [2.75, 3.05) is 13.7 Å². The Balaban J connectivity index is 1.99. The summed E-state index contributed by atoms with van der Waals surface area (Å²) in [6.45, 7) is 2.18. The summed E-state index contributed by atoms with van der Waals surface area (Å²) >= 11 is 0. The second kappa shape index (κ2) is 5.60. The van der Waals surface area contributed by atoms with Gasteiger partial charge < -0.3 is 9.47 Å². The molecule has 1 aliphatic carbocycles. The third-order valence-electron chi connectivity index (χ3n) is 3.58. The van der Waals surface area contributed by atoms with Gasteiger partial charge in [0.1, 0.15) is 11.3 Å².